The van der Waals surface area contributed by atoms with Crippen LogP contribution >= 0.6 is 11.8 Å². The van der Waals surface area contributed by atoms with Gasteiger partial charge in [-0.25, -0.2) is 9.78 Å². The lowest BCUT2D eigenvalue weighted by Crippen LogP contribution is -2.55. The summed E-state index contributed by atoms with van der Waals surface area (Å²) >= 11 is 1.48. The molecular formula is C10H11N3O4S. The Balaban J connectivity index is 2.17. The molecule has 0 saturated carbocycles. The minimum absolute atomic E-state index is 0.00729. The third-order valence-corrected chi connectivity index (χ3v) is 3.88. The zero-order chi connectivity index (χ0) is 13.2. The molecule has 1 atom stereocenters. The Morgan fingerprint density at radius 3 is 2.83 bits per heavy atom. The van der Waals surface area contributed by atoms with Crippen molar-refractivity contribution in [3.8, 4) is 0 Å². The molecule has 0 radical (unpaired) electrons. The highest BCUT2D eigenvalue weighted by atomic mass is 32.2. The first-order valence-electron chi connectivity index (χ1n) is 5.22. The number of aromatic amines is 1. The fourth-order valence-corrected chi connectivity index (χ4v) is 2.96. The number of rotatable bonds is 3. The number of hydrogen-bond donors (Lipinski definition) is 3. The molecule has 18 heavy (non-hydrogen) atoms. The molecule has 1 fully saturated rings. The molecule has 2 heterocycles. The molecule has 0 spiro atoms. The van der Waals surface area contributed by atoms with Crippen molar-refractivity contribution in [1.82, 2.24) is 15.3 Å². The molecule has 1 aliphatic rings. The van der Waals surface area contributed by atoms with E-state index in [9.17, 15) is 19.5 Å². The first-order chi connectivity index (χ1) is 8.53. The van der Waals surface area contributed by atoms with Crippen LogP contribution in [0.5, 0.6) is 0 Å². The molecule has 0 aromatic carbocycles. The molecule has 0 bridgehead atoms. The number of aliphatic carboxylic acids is 1. The first-order valence-corrected chi connectivity index (χ1v) is 6.37. The van der Waals surface area contributed by atoms with Gasteiger partial charge in [0, 0.05) is 11.9 Å². The van der Waals surface area contributed by atoms with Crippen LogP contribution in [0.1, 0.15) is 16.9 Å². The number of nitrogens with one attached hydrogen (secondary N) is 2. The second-order valence-electron chi connectivity index (χ2n) is 3.94. The second-order valence-corrected chi connectivity index (χ2v) is 5.05. The second kappa shape index (κ2) is 4.81. The van der Waals surface area contributed by atoms with E-state index in [0.717, 1.165) is 12.4 Å². The first kappa shape index (κ1) is 12.6. The summed E-state index contributed by atoms with van der Waals surface area (Å²) in [5, 5.41) is 11.7. The predicted molar refractivity (Wildman–Crippen MR) is 64.6 cm³/mol. The van der Waals surface area contributed by atoms with E-state index in [1.807, 2.05) is 0 Å². The molecule has 1 aromatic rings. The third kappa shape index (κ3) is 2.37. The van der Waals surface area contributed by atoms with Gasteiger partial charge in [0.25, 0.3) is 11.5 Å². The van der Waals surface area contributed by atoms with Crippen LogP contribution in [0.2, 0.25) is 0 Å². The van der Waals surface area contributed by atoms with Crippen LogP contribution in [0.15, 0.2) is 17.2 Å². The fraction of sp³-hybridized carbons (Fsp3) is 0.400. The van der Waals surface area contributed by atoms with Crippen LogP contribution in [0.25, 0.3) is 0 Å². The number of carboxylic acid groups (broad SMARTS) is 1. The van der Waals surface area contributed by atoms with Crippen molar-refractivity contribution >= 4 is 23.6 Å². The number of carboxylic acids is 1. The predicted octanol–water partition coefficient (Wildman–Crippen LogP) is -0.540. The largest absolute Gasteiger partial charge is 0.479 e. The third-order valence-electron chi connectivity index (χ3n) is 2.69. The molecule has 1 aromatic heterocycles. The topological polar surface area (TPSA) is 112 Å². The quantitative estimate of drug-likeness (QED) is 0.679. The maximum Gasteiger partial charge on any atom is 0.330 e. The summed E-state index contributed by atoms with van der Waals surface area (Å²) in [7, 11) is 0. The highest BCUT2D eigenvalue weighted by Crippen LogP contribution is 2.28. The average molecular weight is 269 g/mol. The number of nitrogens with zero attached hydrogens (tertiary/aromatic N) is 1. The van der Waals surface area contributed by atoms with Gasteiger partial charge in [-0.15, -0.1) is 0 Å². The number of hydrogen-bond acceptors (Lipinski definition) is 5. The summed E-state index contributed by atoms with van der Waals surface area (Å²) in [6.45, 7) is 0. The monoisotopic (exact) mass is 269 g/mol. The normalized spacial score (nSPS) is 22.7. The molecule has 0 aliphatic carbocycles. The lowest BCUT2D eigenvalue weighted by molar-refractivity contribution is -0.143. The average Bonchev–Trinajstić information content (AvgIpc) is 2.79. The molecule has 1 amide bonds. The molecule has 8 heteroatoms. The molecule has 96 valence electrons. The number of H-pyrrole nitrogens is 1. The van der Waals surface area contributed by atoms with Gasteiger partial charge in [-0.05, 0) is 12.2 Å². The van der Waals surface area contributed by atoms with Gasteiger partial charge in [0.15, 0.2) is 0 Å². The molecule has 7 nitrogen and oxygen atoms in total. The van der Waals surface area contributed by atoms with Gasteiger partial charge in [-0.3, -0.25) is 9.59 Å². The van der Waals surface area contributed by atoms with Crippen LogP contribution in [0, 0.1) is 0 Å². The highest BCUT2D eigenvalue weighted by Gasteiger charge is 2.43. The van der Waals surface area contributed by atoms with Gasteiger partial charge in [-0.2, -0.15) is 11.8 Å². The lowest BCUT2D eigenvalue weighted by Gasteiger charge is -2.24. The van der Waals surface area contributed by atoms with E-state index in [1.165, 1.54) is 11.8 Å². The van der Waals surface area contributed by atoms with Crippen molar-refractivity contribution in [3.63, 3.8) is 0 Å². The number of amides is 1. The zero-order valence-corrected chi connectivity index (χ0v) is 10.1. The van der Waals surface area contributed by atoms with Gasteiger partial charge >= 0.3 is 5.97 Å². The number of aromatic nitrogens is 2. The number of carbonyl (C=O) groups excluding carboxylic acids is 1. The molecular weight excluding hydrogens is 258 g/mol. The number of thioether (sulfide) groups is 1. The van der Waals surface area contributed by atoms with E-state index in [0.29, 0.717) is 17.9 Å². The Labute approximate surface area is 106 Å². The summed E-state index contributed by atoms with van der Waals surface area (Å²) in [6, 6.07) is 0. The van der Waals surface area contributed by atoms with E-state index in [-0.39, 0.29) is 5.69 Å². The maximum atomic E-state index is 11.9. The van der Waals surface area contributed by atoms with E-state index in [2.05, 4.69) is 15.3 Å². The van der Waals surface area contributed by atoms with E-state index in [1.54, 1.807) is 0 Å². The Kier molecular flexibility index (Phi) is 3.37. The van der Waals surface area contributed by atoms with Gasteiger partial charge in [0.05, 0.1) is 6.20 Å². The summed E-state index contributed by atoms with van der Waals surface area (Å²) in [6.07, 6.45) is 2.52. The van der Waals surface area contributed by atoms with Crippen LogP contribution in [0.3, 0.4) is 0 Å². The Morgan fingerprint density at radius 2 is 2.33 bits per heavy atom. The molecule has 1 aliphatic heterocycles. The van der Waals surface area contributed by atoms with Crippen molar-refractivity contribution in [2.45, 2.75) is 12.0 Å². The van der Waals surface area contributed by atoms with E-state index in [4.69, 9.17) is 0 Å². The number of carbonyl (C=O) groups is 2. The van der Waals surface area contributed by atoms with Crippen LogP contribution < -0.4 is 10.9 Å². The van der Waals surface area contributed by atoms with Gasteiger partial charge in [0.1, 0.15) is 11.2 Å². The van der Waals surface area contributed by atoms with E-state index >= 15 is 0 Å². The lowest BCUT2D eigenvalue weighted by atomic mass is 9.99. The Bertz CT molecular complexity index is 516. The van der Waals surface area contributed by atoms with E-state index < -0.39 is 23.0 Å². The molecule has 1 saturated heterocycles. The Morgan fingerprint density at radius 1 is 1.56 bits per heavy atom. The van der Waals surface area contributed by atoms with Crippen molar-refractivity contribution < 1.29 is 14.7 Å². The van der Waals surface area contributed by atoms with Crippen molar-refractivity contribution in [2.24, 2.45) is 0 Å². The van der Waals surface area contributed by atoms with Gasteiger partial charge in [-0.1, -0.05) is 0 Å². The van der Waals surface area contributed by atoms with Crippen LogP contribution in [-0.2, 0) is 4.79 Å². The smallest absolute Gasteiger partial charge is 0.330 e. The van der Waals surface area contributed by atoms with Gasteiger partial charge < -0.3 is 15.4 Å². The van der Waals surface area contributed by atoms with Crippen molar-refractivity contribution in [2.75, 3.05) is 11.5 Å². The molecule has 3 N–H and O–H groups in total. The van der Waals surface area contributed by atoms with Crippen LogP contribution in [0.4, 0.5) is 0 Å². The minimum atomic E-state index is -1.24. The van der Waals surface area contributed by atoms with Crippen LogP contribution in [-0.4, -0.2) is 44.0 Å². The summed E-state index contributed by atoms with van der Waals surface area (Å²) < 4.78 is 0. The zero-order valence-electron chi connectivity index (χ0n) is 9.30. The SMILES string of the molecule is O=C(NC1(C(=O)O)CCSC1)c1c[nH]c(=O)cn1. The molecule has 1 unspecified atom stereocenters. The van der Waals surface area contributed by atoms with Crippen molar-refractivity contribution in [3.05, 3.63) is 28.4 Å². The van der Waals surface area contributed by atoms with Crippen molar-refractivity contribution in [1.29, 1.82) is 0 Å². The fourth-order valence-electron chi connectivity index (χ4n) is 1.63. The van der Waals surface area contributed by atoms with Gasteiger partial charge in [0.2, 0.25) is 0 Å². The maximum absolute atomic E-state index is 11.9. The highest BCUT2D eigenvalue weighted by molar-refractivity contribution is 7.99. The summed E-state index contributed by atoms with van der Waals surface area (Å²) in [4.78, 5) is 39.9. The minimum Gasteiger partial charge on any atom is -0.479 e. The summed E-state index contributed by atoms with van der Waals surface area (Å²) in [5.74, 6) is -0.635. The summed E-state index contributed by atoms with van der Waals surface area (Å²) in [5.41, 5.74) is -1.66. The molecule has 2 rings (SSSR count). The Hall–Kier alpha value is -1.83. The standard InChI is InChI=1S/C10H11N3O4S/c14-7-4-11-6(3-12-7)8(15)13-10(9(16)17)1-2-18-5-10/h3-4H,1-2,5H2,(H,12,14)(H,13,15)(H,16,17).